The van der Waals surface area contributed by atoms with E-state index in [1.165, 1.54) is 6.20 Å². The maximum absolute atomic E-state index is 12.6. The number of methoxy groups -OCH3 is 2. The van der Waals surface area contributed by atoms with Crippen LogP contribution in [-0.2, 0) is 0 Å². The Morgan fingerprint density at radius 2 is 2.23 bits per heavy atom. The molecule has 0 spiro atoms. The second-order valence-corrected chi connectivity index (χ2v) is 5.83. The molecule has 0 unspecified atom stereocenters. The molecule has 1 atom stereocenters. The Balaban J connectivity index is 1.91. The van der Waals surface area contributed by atoms with Crippen molar-refractivity contribution in [2.75, 3.05) is 20.8 Å². The Bertz CT molecular complexity index is 660. The first-order valence-electron chi connectivity index (χ1n) is 7.05. The SMILES string of the molecule is COc1ccc([C@H]2CCCN2C(=O)c2cnns2)c(OC)c1. The number of amides is 1. The van der Waals surface area contributed by atoms with Gasteiger partial charge in [-0.05, 0) is 36.5 Å². The van der Waals surface area contributed by atoms with E-state index in [0.29, 0.717) is 4.88 Å². The van der Waals surface area contributed by atoms with Crippen LogP contribution >= 0.6 is 11.5 Å². The van der Waals surface area contributed by atoms with Crippen molar-refractivity contribution in [2.45, 2.75) is 18.9 Å². The fourth-order valence-corrected chi connectivity index (χ4v) is 3.30. The first-order valence-corrected chi connectivity index (χ1v) is 7.82. The lowest BCUT2D eigenvalue weighted by atomic mass is 10.0. The lowest BCUT2D eigenvalue weighted by Crippen LogP contribution is -2.30. The van der Waals surface area contributed by atoms with Gasteiger partial charge in [-0.3, -0.25) is 4.79 Å². The van der Waals surface area contributed by atoms with Crippen LogP contribution in [-0.4, -0.2) is 41.2 Å². The highest BCUT2D eigenvalue weighted by Crippen LogP contribution is 2.39. The molecule has 1 aliphatic rings. The van der Waals surface area contributed by atoms with Crippen molar-refractivity contribution in [1.29, 1.82) is 0 Å². The van der Waals surface area contributed by atoms with Crippen LogP contribution in [0.5, 0.6) is 11.5 Å². The predicted molar refractivity (Wildman–Crippen MR) is 82.5 cm³/mol. The minimum atomic E-state index is -0.0182. The first-order chi connectivity index (χ1) is 10.7. The molecule has 2 heterocycles. The van der Waals surface area contributed by atoms with Gasteiger partial charge in [0.05, 0.1) is 26.5 Å². The molecule has 3 rings (SSSR count). The van der Waals surface area contributed by atoms with Gasteiger partial charge < -0.3 is 14.4 Å². The van der Waals surface area contributed by atoms with Gasteiger partial charge in [0.2, 0.25) is 0 Å². The van der Waals surface area contributed by atoms with Crippen LogP contribution in [0.4, 0.5) is 0 Å². The summed E-state index contributed by atoms with van der Waals surface area (Å²) < 4.78 is 14.5. The third kappa shape index (κ3) is 2.64. The van der Waals surface area contributed by atoms with Gasteiger partial charge in [0.15, 0.2) is 0 Å². The number of aromatic nitrogens is 2. The highest BCUT2D eigenvalue weighted by Gasteiger charge is 2.33. The van der Waals surface area contributed by atoms with Crippen molar-refractivity contribution in [3.05, 3.63) is 34.8 Å². The number of benzene rings is 1. The van der Waals surface area contributed by atoms with E-state index in [4.69, 9.17) is 9.47 Å². The number of ether oxygens (including phenoxy) is 2. The van der Waals surface area contributed by atoms with E-state index in [1.54, 1.807) is 14.2 Å². The zero-order valence-corrected chi connectivity index (χ0v) is 13.3. The van der Waals surface area contributed by atoms with Gasteiger partial charge in [0, 0.05) is 18.2 Å². The molecule has 116 valence electrons. The number of likely N-dealkylation sites (tertiary alicyclic amines) is 1. The summed E-state index contributed by atoms with van der Waals surface area (Å²) in [6, 6.07) is 5.73. The quantitative estimate of drug-likeness (QED) is 0.866. The minimum Gasteiger partial charge on any atom is -0.497 e. The van der Waals surface area contributed by atoms with Gasteiger partial charge in [0.1, 0.15) is 16.4 Å². The Kier molecular flexibility index (Phi) is 4.24. The molecule has 1 aliphatic heterocycles. The van der Waals surface area contributed by atoms with Crippen LogP contribution in [0.3, 0.4) is 0 Å². The van der Waals surface area contributed by atoms with E-state index in [-0.39, 0.29) is 11.9 Å². The summed E-state index contributed by atoms with van der Waals surface area (Å²) in [6.07, 6.45) is 3.41. The Morgan fingerprint density at radius 3 is 2.91 bits per heavy atom. The molecular formula is C15H17N3O3S. The molecular weight excluding hydrogens is 302 g/mol. The van der Waals surface area contributed by atoms with Gasteiger partial charge in [-0.25, -0.2) is 0 Å². The molecule has 1 aromatic heterocycles. The lowest BCUT2D eigenvalue weighted by molar-refractivity contribution is 0.0739. The number of carbonyl (C=O) groups excluding carboxylic acids is 1. The standard InChI is InChI=1S/C15H17N3O3S/c1-20-10-5-6-11(13(8-10)21-2)12-4-3-7-18(12)15(19)14-9-16-17-22-14/h5-6,8-9,12H,3-4,7H2,1-2H3/t12-/m1/s1. The van der Waals surface area contributed by atoms with E-state index in [0.717, 1.165) is 48.0 Å². The van der Waals surface area contributed by atoms with Crippen LogP contribution in [0, 0.1) is 0 Å². The summed E-state index contributed by atoms with van der Waals surface area (Å²) in [7, 11) is 3.25. The molecule has 0 bridgehead atoms. The molecule has 0 radical (unpaired) electrons. The van der Waals surface area contributed by atoms with Crippen LogP contribution in [0.1, 0.15) is 34.1 Å². The molecule has 0 aliphatic carbocycles. The molecule has 0 saturated carbocycles. The lowest BCUT2D eigenvalue weighted by Gasteiger charge is -2.26. The van der Waals surface area contributed by atoms with E-state index < -0.39 is 0 Å². The average molecular weight is 319 g/mol. The number of rotatable bonds is 4. The molecule has 1 amide bonds. The number of carbonyl (C=O) groups is 1. The third-order valence-electron chi connectivity index (χ3n) is 3.89. The summed E-state index contributed by atoms with van der Waals surface area (Å²) in [5.74, 6) is 1.46. The Labute approximate surface area is 132 Å². The second-order valence-electron chi connectivity index (χ2n) is 5.05. The first kappa shape index (κ1) is 14.8. The smallest absolute Gasteiger partial charge is 0.267 e. The van der Waals surface area contributed by atoms with Gasteiger partial charge >= 0.3 is 0 Å². The second kappa shape index (κ2) is 6.31. The van der Waals surface area contributed by atoms with Crippen molar-refractivity contribution in [2.24, 2.45) is 0 Å². The zero-order valence-electron chi connectivity index (χ0n) is 12.5. The number of nitrogens with zero attached hydrogens (tertiary/aromatic N) is 3. The van der Waals surface area contributed by atoms with E-state index >= 15 is 0 Å². The minimum absolute atomic E-state index is 0.00968. The van der Waals surface area contributed by atoms with Crippen molar-refractivity contribution in [1.82, 2.24) is 14.5 Å². The predicted octanol–water partition coefficient (Wildman–Crippen LogP) is 2.53. The van der Waals surface area contributed by atoms with E-state index in [1.807, 2.05) is 23.1 Å². The normalized spacial score (nSPS) is 17.5. The fourth-order valence-electron chi connectivity index (χ4n) is 2.83. The monoisotopic (exact) mass is 319 g/mol. The van der Waals surface area contributed by atoms with Crippen molar-refractivity contribution in [3.63, 3.8) is 0 Å². The molecule has 1 fully saturated rings. The largest absolute Gasteiger partial charge is 0.497 e. The van der Waals surface area contributed by atoms with Crippen LogP contribution in [0.25, 0.3) is 0 Å². The summed E-state index contributed by atoms with van der Waals surface area (Å²) in [5.41, 5.74) is 1.01. The molecule has 1 saturated heterocycles. The maximum Gasteiger partial charge on any atom is 0.267 e. The van der Waals surface area contributed by atoms with E-state index in [2.05, 4.69) is 9.59 Å². The van der Waals surface area contributed by atoms with Gasteiger partial charge in [0.25, 0.3) is 5.91 Å². The van der Waals surface area contributed by atoms with Crippen LogP contribution in [0.2, 0.25) is 0 Å². The molecule has 1 aromatic carbocycles. The van der Waals surface area contributed by atoms with Gasteiger partial charge in [-0.15, -0.1) is 5.10 Å². The van der Waals surface area contributed by atoms with Crippen molar-refractivity contribution < 1.29 is 14.3 Å². The highest BCUT2D eigenvalue weighted by atomic mass is 32.1. The zero-order chi connectivity index (χ0) is 15.5. The van der Waals surface area contributed by atoms with Crippen LogP contribution < -0.4 is 9.47 Å². The summed E-state index contributed by atoms with van der Waals surface area (Å²) in [6.45, 7) is 0.733. The molecule has 6 nitrogen and oxygen atoms in total. The average Bonchev–Trinajstić information content (AvgIpc) is 3.24. The number of hydrogen-bond donors (Lipinski definition) is 0. The maximum atomic E-state index is 12.6. The third-order valence-corrected chi connectivity index (χ3v) is 4.54. The molecule has 22 heavy (non-hydrogen) atoms. The van der Waals surface area contributed by atoms with Gasteiger partial charge in [-0.2, -0.15) is 0 Å². The topological polar surface area (TPSA) is 64.5 Å². The van der Waals surface area contributed by atoms with Crippen molar-refractivity contribution in [3.8, 4) is 11.5 Å². The van der Waals surface area contributed by atoms with Crippen LogP contribution in [0.15, 0.2) is 24.4 Å². The molecule has 7 heteroatoms. The molecule has 2 aromatic rings. The molecule has 0 N–H and O–H groups in total. The summed E-state index contributed by atoms with van der Waals surface area (Å²) in [5, 5.41) is 3.75. The van der Waals surface area contributed by atoms with Gasteiger partial charge in [-0.1, -0.05) is 4.49 Å². The summed E-state index contributed by atoms with van der Waals surface area (Å²) in [4.78, 5) is 15.0. The Hall–Kier alpha value is -2.15. The Morgan fingerprint density at radius 1 is 1.36 bits per heavy atom. The van der Waals surface area contributed by atoms with Crippen molar-refractivity contribution >= 4 is 17.4 Å². The highest BCUT2D eigenvalue weighted by molar-refractivity contribution is 7.07. The number of hydrogen-bond acceptors (Lipinski definition) is 6. The van der Waals surface area contributed by atoms with E-state index in [9.17, 15) is 4.79 Å². The fraction of sp³-hybridized carbons (Fsp3) is 0.400. The summed E-state index contributed by atoms with van der Waals surface area (Å²) >= 11 is 1.13.